The molecule has 11 heteroatoms. The van der Waals surface area contributed by atoms with E-state index in [4.69, 9.17) is 16.3 Å². The Morgan fingerprint density at radius 1 is 1.29 bits per heavy atom. The standard InChI is InChI=1S/C20H20B2ClF2N3O3/c1-10-8-27(3)13(9-29)6-15(10)28-11(2)4-16(17(23)19(28)30)31-20(21,22)18-14(25)5-12(24)7-26-18/h4-9,13H,21-22H2,1-3H3/t13-/m1/s1. The Balaban J connectivity index is 2.06. The van der Waals surface area contributed by atoms with Gasteiger partial charge in [0.1, 0.15) is 40.4 Å². The van der Waals surface area contributed by atoms with Crippen molar-refractivity contribution in [2.24, 2.45) is 0 Å². The van der Waals surface area contributed by atoms with E-state index in [1.54, 1.807) is 37.2 Å². The van der Waals surface area contributed by atoms with E-state index in [9.17, 15) is 18.4 Å². The van der Waals surface area contributed by atoms with Crippen LogP contribution in [-0.4, -0.2) is 49.5 Å². The van der Waals surface area contributed by atoms with Gasteiger partial charge in [-0.2, -0.15) is 0 Å². The smallest absolute Gasteiger partial charge is 0.277 e. The van der Waals surface area contributed by atoms with E-state index in [2.05, 4.69) is 4.98 Å². The molecule has 0 aromatic carbocycles. The highest BCUT2D eigenvalue weighted by atomic mass is 35.5. The van der Waals surface area contributed by atoms with Crippen molar-refractivity contribution >= 4 is 39.3 Å². The number of likely N-dealkylation sites (N-methyl/N-ethyl adjacent to an activating group) is 1. The van der Waals surface area contributed by atoms with Gasteiger partial charge in [0.15, 0.2) is 15.7 Å². The number of hydrogen-bond donors (Lipinski definition) is 0. The van der Waals surface area contributed by atoms with Crippen LogP contribution < -0.4 is 10.3 Å². The molecule has 160 valence electrons. The molecule has 2 aromatic rings. The topological polar surface area (TPSA) is 64.4 Å². The van der Waals surface area contributed by atoms with Crippen molar-refractivity contribution < 1.29 is 18.3 Å². The molecule has 2 aromatic heterocycles. The predicted octanol–water partition coefficient (Wildman–Crippen LogP) is 1.20. The van der Waals surface area contributed by atoms with Crippen LogP contribution in [-0.2, 0) is 10.2 Å². The minimum absolute atomic E-state index is 0.0399. The Kier molecular flexibility index (Phi) is 6.14. The van der Waals surface area contributed by atoms with Crippen LogP contribution in [0.25, 0.3) is 5.70 Å². The highest BCUT2D eigenvalue weighted by Crippen LogP contribution is 2.31. The van der Waals surface area contributed by atoms with Crippen molar-refractivity contribution in [3.8, 4) is 5.75 Å². The number of aromatic nitrogens is 2. The summed E-state index contributed by atoms with van der Waals surface area (Å²) in [5, 5.41) is -1.55. The summed E-state index contributed by atoms with van der Waals surface area (Å²) < 4.78 is 34.7. The van der Waals surface area contributed by atoms with Gasteiger partial charge in [-0.25, -0.2) is 8.78 Å². The molecule has 1 aliphatic rings. The lowest BCUT2D eigenvalue weighted by Crippen LogP contribution is -2.37. The van der Waals surface area contributed by atoms with Gasteiger partial charge in [0.25, 0.3) is 5.56 Å². The maximum Gasteiger partial charge on any atom is 0.277 e. The second-order valence-corrected chi connectivity index (χ2v) is 8.23. The third-order valence-corrected chi connectivity index (χ3v) is 5.37. The fraction of sp³-hybridized carbons (Fsp3) is 0.250. The summed E-state index contributed by atoms with van der Waals surface area (Å²) in [5.74, 6) is -1.64. The Morgan fingerprint density at radius 3 is 2.58 bits per heavy atom. The van der Waals surface area contributed by atoms with Crippen LogP contribution in [0.1, 0.15) is 18.3 Å². The Hall–Kier alpha value is -2.87. The van der Waals surface area contributed by atoms with E-state index in [1.165, 1.54) is 20.3 Å². The van der Waals surface area contributed by atoms with Gasteiger partial charge < -0.3 is 14.4 Å². The molecule has 0 spiro atoms. The fourth-order valence-corrected chi connectivity index (χ4v) is 3.67. The monoisotopic (exact) mass is 445 g/mol. The van der Waals surface area contributed by atoms with Crippen molar-refractivity contribution in [3.63, 3.8) is 0 Å². The van der Waals surface area contributed by atoms with Crippen molar-refractivity contribution in [2.75, 3.05) is 7.05 Å². The maximum absolute atomic E-state index is 14.2. The van der Waals surface area contributed by atoms with Crippen molar-refractivity contribution in [3.05, 3.63) is 74.6 Å². The zero-order chi connectivity index (χ0) is 23.1. The average Bonchev–Trinajstić information content (AvgIpc) is 2.67. The lowest BCUT2D eigenvalue weighted by molar-refractivity contribution is -0.110. The van der Waals surface area contributed by atoms with E-state index >= 15 is 0 Å². The molecule has 6 nitrogen and oxygen atoms in total. The second kappa shape index (κ2) is 8.34. The molecule has 1 atom stereocenters. The highest BCUT2D eigenvalue weighted by Gasteiger charge is 2.30. The molecular formula is C20H20B2ClF2N3O3. The van der Waals surface area contributed by atoms with Crippen molar-refractivity contribution in [1.29, 1.82) is 0 Å². The van der Waals surface area contributed by atoms with Gasteiger partial charge in [0, 0.05) is 31.1 Å². The summed E-state index contributed by atoms with van der Waals surface area (Å²) in [5.41, 5.74) is 1.14. The molecular weight excluding hydrogens is 425 g/mol. The normalized spacial score (nSPS) is 16.6. The lowest BCUT2D eigenvalue weighted by atomic mass is 9.62. The highest BCUT2D eigenvalue weighted by molar-refractivity contribution is 6.39. The lowest BCUT2D eigenvalue weighted by Gasteiger charge is -2.30. The summed E-state index contributed by atoms with van der Waals surface area (Å²) in [6.45, 7) is 3.51. The van der Waals surface area contributed by atoms with Crippen LogP contribution in [0.3, 0.4) is 0 Å². The number of nitrogens with zero attached hydrogens (tertiary/aromatic N) is 3. The van der Waals surface area contributed by atoms with Gasteiger partial charge in [0.2, 0.25) is 0 Å². The summed E-state index contributed by atoms with van der Waals surface area (Å²) in [6.07, 6.45) is 5.11. The van der Waals surface area contributed by atoms with Gasteiger partial charge in [-0.05, 0) is 25.5 Å². The quantitative estimate of drug-likeness (QED) is 0.511. The number of rotatable bonds is 5. The number of ether oxygens (including phenoxy) is 1. The van der Waals surface area contributed by atoms with Gasteiger partial charge in [-0.15, -0.1) is 0 Å². The van der Waals surface area contributed by atoms with Crippen LogP contribution in [0.15, 0.2) is 41.0 Å². The van der Waals surface area contributed by atoms with Crippen molar-refractivity contribution in [2.45, 2.75) is 25.3 Å². The summed E-state index contributed by atoms with van der Waals surface area (Å²) >= 11 is 6.34. The first-order valence-corrected chi connectivity index (χ1v) is 9.85. The number of pyridine rings is 2. The summed E-state index contributed by atoms with van der Waals surface area (Å²) in [4.78, 5) is 30.0. The summed E-state index contributed by atoms with van der Waals surface area (Å²) in [7, 11) is 4.84. The van der Waals surface area contributed by atoms with E-state index in [-0.39, 0.29) is 16.5 Å². The number of carbonyl (C=O) groups excluding carboxylic acids is 1. The van der Waals surface area contributed by atoms with E-state index in [0.29, 0.717) is 17.5 Å². The molecule has 0 saturated carbocycles. The van der Waals surface area contributed by atoms with E-state index in [0.717, 1.165) is 18.1 Å². The molecule has 0 radical (unpaired) electrons. The zero-order valence-electron chi connectivity index (χ0n) is 17.7. The molecule has 31 heavy (non-hydrogen) atoms. The largest absolute Gasteiger partial charge is 0.498 e. The number of hydrogen-bond acceptors (Lipinski definition) is 5. The van der Waals surface area contributed by atoms with Crippen LogP contribution >= 0.6 is 11.6 Å². The third kappa shape index (κ3) is 4.30. The van der Waals surface area contributed by atoms with Crippen molar-refractivity contribution in [1.82, 2.24) is 14.5 Å². The van der Waals surface area contributed by atoms with Crippen LogP contribution in [0, 0.1) is 18.6 Å². The molecule has 0 fully saturated rings. The Labute approximate surface area is 185 Å². The van der Waals surface area contributed by atoms with Crippen LogP contribution in [0.2, 0.25) is 5.02 Å². The fourth-order valence-electron chi connectivity index (χ4n) is 3.49. The predicted molar refractivity (Wildman–Crippen MR) is 120 cm³/mol. The zero-order valence-corrected chi connectivity index (χ0v) is 18.5. The molecule has 1 aliphatic heterocycles. The second-order valence-electron chi connectivity index (χ2n) is 7.86. The van der Waals surface area contributed by atoms with Gasteiger partial charge in [-0.1, -0.05) is 11.6 Å². The summed E-state index contributed by atoms with van der Waals surface area (Å²) in [6, 6.07) is 1.74. The molecule has 0 saturated heterocycles. The molecule has 3 heterocycles. The minimum atomic E-state index is -1.34. The molecule has 0 aliphatic carbocycles. The number of halogens is 3. The molecule has 3 rings (SSSR count). The first kappa shape index (κ1) is 22.8. The molecule has 0 unspecified atom stereocenters. The average molecular weight is 445 g/mol. The SMILES string of the molecule is BC(B)(Oc1cc(C)n(C2=C[C@H](C=O)N(C)C=C2C)c(=O)c1Cl)c1ncc(F)cc1F. The Bertz CT molecular complexity index is 1180. The van der Waals surface area contributed by atoms with Crippen LogP contribution in [0.4, 0.5) is 8.78 Å². The van der Waals surface area contributed by atoms with E-state index in [1.807, 2.05) is 6.92 Å². The third-order valence-electron chi connectivity index (χ3n) is 5.02. The molecule has 0 amide bonds. The molecule has 0 bridgehead atoms. The number of aldehydes is 1. The maximum atomic E-state index is 14.2. The van der Waals surface area contributed by atoms with Crippen LogP contribution in [0.5, 0.6) is 5.75 Å². The van der Waals surface area contributed by atoms with Gasteiger partial charge in [-0.3, -0.25) is 14.3 Å². The van der Waals surface area contributed by atoms with Gasteiger partial charge >= 0.3 is 0 Å². The molecule has 0 N–H and O–H groups in total. The minimum Gasteiger partial charge on any atom is -0.498 e. The first-order valence-electron chi connectivity index (χ1n) is 9.47. The number of allylic oxidation sites excluding steroid dienone is 2. The number of aryl methyl sites for hydroxylation is 1. The Morgan fingerprint density at radius 2 is 1.97 bits per heavy atom. The number of carbonyl (C=O) groups is 1. The van der Waals surface area contributed by atoms with E-state index < -0.39 is 28.6 Å². The van der Waals surface area contributed by atoms with Gasteiger partial charge in [0.05, 0.1) is 17.3 Å². The first-order chi connectivity index (χ1) is 14.5.